The predicted octanol–water partition coefficient (Wildman–Crippen LogP) is 1.23. The molecule has 1 unspecified atom stereocenters. The average Bonchev–Trinajstić information content (AvgIpc) is 2.76. The smallest absolute Gasteiger partial charge is 0.262 e. The summed E-state index contributed by atoms with van der Waals surface area (Å²) >= 11 is 0. The summed E-state index contributed by atoms with van der Waals surface area (Å²) in [5.41, 5.74) is 0.756. The van der Waals surface area contributed by atoms with Gasteiger partial charge in [-0.25, -0.2) is 8.42 Å². The van der Waals surface area contributed by atoms with E-state index in [-0.39, 0.29) is 11.0 Å². The third kappa shape index (κ3) is 2.88. The number of hydrogen-bond donors (Lipinski definition) is 0. The Hall–Kier alpha value is -0.850. The highest BCUT2D eigenvalue weighted by molar-refractivity contribution is 8.13. The van der Waals surface area contributed by atoms with E-state index in [1.807, 2.05) is 4.90 Å². The van der Waals surface area contributed by atoms with Crippen LogP contribution in [0.4, 0.5) is 5.69 Å². The van der Waals surface area contributed by atoms with Gasteiger partial charge in [0, 0.05) is 37.1 Å². The van der Waals surface area contributed by atoms with Crippen LogP contribution < -0.4 is 4.90 Å². The molecule has 0 amide bonds. The number of aromatic nitrogens is 1. The topological polar surface area (TPSA) is 59.5 Å². The van der Waals surface area contributed by atoms with Crippen molar-refractivity contribution >= 4 is 25.4 Å². The first-order valence-electron chi connectivity index (χ1n) is 5.18. The molecule has 0 radical (unpaired) electrons. The monoisotopic (exact) mass is 276 g/mol. The van der Waals surface area contributed by atoms with E-state index in [1.54, 1.807) is 13.3 Å². The van der Waals surface area contributed by atoms with E-state index in [1.165, 1.54) is 12.3 Å². The van der Waals surface area contributed by atoms with Crippen LogP contribution in [0.1, 0.15) is 6.42 Å². The van der Waals surface area contributed by atoms with Gasteiger partial charge in [-0.1, -0.05) is 0 Å². The number of halogens is 1. The van der Waals surface area contributed by atoms with Gasteiger partial charge in [-0.2, -0.15) is 0 Å². The first kappa shape index (κ1) is 12.6. The molecular weight excluding hydrogens is 264 g/mol. The highest BCUT2D eigenvalue weighted by atomic mass is 35.7. The predicted molar refractivity (Wildman–Crippen MR) is 64.9 cm³/mol. The van der Waals surface area contributed by atoms with Crippen LogP contribution in [0, 0.1) is 0 Å². The van der Waals surface area contributed by atoms with E-state index < -0.39 is 9.05 Å². The number of ether oxygens (including phenoxy) is 1. The molecule has 2 heterocycles. The highest BCUT2D eigenvalue weighted by Gasteiger charge is 2.23. The number of rotatable bonds is 3. The molecule has 1 fully saturated rings. The Morgan fingerprint density at radius 3 is 2.88 bits per heavy atom. The summed E-state index contributed by atoms with van der Waals surface area (Å²) in [5.74, 6) is 0. The van der Waals surface area contributed by atoms with Crippen LogP contribution >= 0.6 is 10.7 Å². The maximum atomic E-state index is 11.2. The molecule has 1 aromatic heterocycles. The van der Waals surface area contributed by atoms with Crippen LogP contribution in [0.3, 0.4) is 0 Å². The number of anilines is 1. The molecule has 0 spiro atoms. The maximum Gasteiger partial charge on any atom is 0.262 e. The summed E-state index contributed by atoms with van der Waals surface area (Å²) in [7, 11) is 3.23. The Morgan fingerprint density at radius 2 is 2.29 bits per heavy atom. The molecule has 0 aromatic carbocycles. The number of methoxy groups -OCH3 is 1. The third-order valence-corrected chi connectivity index (χ3v) is 4.14. The van der Waals surface area contributed by atoms with Crippen LogP contribution in [-0.2, 0) is 13.8 Å². The van der Waals surface area contributed by atoms with E-state index in [9.17, 15) is 8.42 Å². The van der Waals surface area contributed by atoms with E-state index in [4.69, 9.17) is 15.4 Å². The molecule has 1 aliphatic rings. The van der Waals surface area contributed by atoms with Crippen molar-refractivity contribution in [2.45, 2.75) is 17.4 Å². The lowest BCUT2D eigenvalue weighted by Crippen LogP contribution is -2.22. The Labute approximate surface area is 105 Å². The van der Waals surface area contributed by atoms with Gasteiger partial charge in [0.25, 0.3) is 9.05 Å². The summed E-state index contributed by atoms with van der Waals surface area (Å²) < 4.78 is 27.7. The first-order chi connectivity index (χ1) is 8.00. The van der Waals surface area contributed by atoms with Gasteiger partial charge in [-0.15, -0.1) is 0 Å². The van der Waals surface area contributed by atoms with Gasteiger partial charge >= 0.3 is 0 Å². The zero-order valence-electron chi connectivity index (χ0n) is 9.34. The second-order valence-corrected chi connectivity index (χ2v) is 6.48. The zero-order chi connectivity index (χ0) is 12.5. The lowest BCUT2D eigenvalue weighted by atomic mass is 10.3. The van der Waals surface area contributed by atoms with Crippen molar-refractivity contribution in [3.63, 3.8) is 0 Å². The SMILES string of the molecule is COC1CCN(c2cncc(S(=O)(=O)Cl)c2)C1. The Kier molecular flexibility index (Phi) is 3.56. The molecular formula is C10H13ClN2O3S. The second kappa shape index (κ2) is 4.80. The quantitative estimate of drug-likeness (QED) is 0.777. The van der Waals surface area contributed by atoms with Gasteiger partial charge in [0.15, 0.2) is 0 Å². The number of hydrogen-bond acceptors (Lipinski definition) is 5. The third-order valence-electron chi connectivity index (χ3n) is 2.82. The van der Waals surface area contributed by atoms with Gasteiger partial charge in [0.1, 0.15) is 4.90 Å². The fourth-order valence-electron chi connectivity index (χ4n) is 1.87. The molecule has 1 aliphatic heterocycles. The van der Waals surface area contributed by atoms with Crippen molar-refractivity contribution in [3.8, 4) is 0 Å². The van der Waals surface area contributed by atoms with Crippen molar-refractivity contribution < 1.29 is 13.2 Å². The summed E-state index contributed by atoms with van der Waals surface area (Å²) in [4.78, 5) is 5.96. The summed E-state index contributed by atoms with van der Waals surface area (Å²) in [6.07, 6.45) is 3.99. The minimum atomic E-state index is -3.72. The maximum absolute atomic E-state index is 11.2. The summed E-state index contributed by atoms with van der Waals surface area (Å²) in [5, 5.41) is 0. The van der Waals surface area contributed by atoms with Crippen molar-refractivity contribution in [3.05, 3.63) is 18.5 Å². The average molecular weight is 277 g/mol. The molecule has 94 valence electrons. The van der Waals surface area contributed by atoms with Gasteiger partial charge in [0.2, 0.25) is 0 Å². The fraction of sp³-hybridized carbons (Fsp3) is 0.500. The van der Waals surface area contributed by atoms with Crippen molar-refractivity contribution in [2.24, 2.45) is 0 Å². The molecule has 0 saturated carbocycles. The van der Waals surface area contributed by atoms with Crippen LogP contribution in [0.15, 0.2) is 23.4 Å². The Balaban J connectivity index is 2.23. The molecule has 1 atom stereocenters. The van der Waals surface area contributed by atoms with Crippen molar-refractivity contribution in [2.75, 3.05) is 25.1 Å². The molecule has 2 rings (SSSR count). The molecule has 5 nitrogen and oxygen atoms in total. The van der Waals surface area contributed by atoms with Crippen LogP contribution in [0.2, 0.25) is 0 Å². The molecule has 0 N–H and O–H groups in total. The van der Waals surface area contributed by atoms with Crippen molar-refractivity contribution in [1.82, 2.24) is 4.98 Å². The van der Waals surface area contributed by atoms with Crippen LogP contribution in [-0.4, -0.2) is 39.7 Å². The van der Waals surface area contributed by atoms with Crippen molar-refractivity contribution in [1.29, 1.82) is 0 Å². The highest BCUT2D eigenvalue weighted by Crippen LogP contribution is 2.24. The molecule has 0 bridgehead atoms. The summed E-state index contributed by atoms with van der Waals surface area (Å²) in [6.45, 7) is 1.57. The lowest BCUT2D eigenvalue weighted by Gasteiger charge is -2.18. The number of pyridine rings is 1. The zero-order valence-corrected chi connectivity index (χ0v) is 10.9. The minimum absolute atomic E-state index is 0.0255. The first-order valence-corrected chi connectivity index (χ1v) is 7.49. The minimum Gasteiger partial charge on any atom is -0.380 e. The Bertz CT molecular complexity index is 506. The van der Waals surface area contributed by atoms with E-state index in [2.05, 4.69) is 4.98 Å². The Morgan fingerprint density at radius 1 is 1.53 bits per heavy atom. The van der Waals surface area contributed by atoms with Crippen LogP contribution in [0.5, 0.6) is 0 Å². The molecule has 0 aliphatic carbocycles. The normalized spacial score (nSPS) is 20.8. The van der Waals surface area contributed by atoms with Gasteiger partial charge in [-0.3, -0.25) is 4.98 Å². The van der Waals surface area contributed by atoms with Crippen LogP contribution in [0.25, 0.3) is 0 Å². The van der Waals surface area contributed by atoms with E-state index >= 15 is 0 Å². The molecule has 1 aromatic rings. The molecule has 7 heteroatoms. The fourth-order valence-corrected chi connectivity index (χ4v) is 2.57. The summed E-state index contributed by atoms with van der Waals surface area (Å²) in [6, 6.07) is 1.54. The van der Waals surface area contributed by atoms with Gasteiger partial charge < -0.3 is 9.64 Å². The standard InChI is InChI=1S/C10H13ClN2O3S/c1-16-9-2-3-13(7-9)8-4-10(6-12-5-8)17(11,14)15/h4-6,9H,2-3,7H2,1H3. The lowest BCUT2D eigenvalue weighted by molar-refractivity contribution is 0.121. The number of nitrogens with zero attached hydrogens (tertiary/aromatic N) is 2. The van der Waals surface area contributed by atoms with Gasteiger partial charge in [0.05, 0.1) is 18.0 Å². The van der Waals surface area contributed by atoms with E-state index in [0.717, 1.165) is 25.2 Å². The molecule has 1 saturated heterocycles. The van der Waals surface area contributed by atoms with Gasteiger partial charge in [-0.05, 0) is 12.5 Å². The van der Waals surface area contributed by atoms with E-state index in [0.29, 0.717) is 0 Å². The second-order valence-electron chi connectivity index (χ2n) is 3.91. The largest absolute Gasteiger partial charge is 0.380 e. The molecule has 17 heavy (non-hydrogen) atoms.